The van der Waals surface area contributed by atoms with Crippen LogP contribution in [0, 0.1) is 0 Å². The Morgan fingerprint density at radius 3 is 2.67 bits per heavy atom. The number of hydrogen-bond acceptors (Lipinski definition) is 7. The molecule has 0 aromatic rings. The molecule has 8 heteroatoms. The molecule has 0 radical (unpaired) electrons. The lowest BCUT2D eigenvalue weighted by atomic mass is 10.0. The van der Waals surface area contributed by atoms with E-state index in [4.69, 9.17) is 24.1 Å². The minimum atomic E-state index is -0.709. The van der Waals surface area contributed by atoms with Crippen molar-refractivity contribution in [2.24, 2.45) is 5.73 Å². The van der Waals surface area contributed by atoms with Crippen LogP contribution in [-0.2, 0) is 23.7 Å². The highest BCUT2D eigenvalue weighted by Gasteiger charge is 2.48. The first-order valence-corrected chi connectivity index (χ1v) is 5.40. The van der Waals surface area contributed by atoms with E-state index in [0.29, 0.717) is 6.42 Å². The van der Waals surface area contributed by atoms with Crippen molar-refractivity contribution in [1.82, 2.24) is 0 Å². The van der Waals surface area contributed by atoms with Crippen molar-refractivity contribution in [3.05, 3.63) is 0 Å². The van der Waals surface area contributed by atoms with Gasteiger partial charge in [-0.2, -0.15) is 0 Å². The van der Waals surface area contributed by atoms with E-state index in [0.717, 1.165) is 0 Å². The molecule has 0 saturated carbocycles. The van der Waals surface area contributed by atoms with Gasteiger partial charge in [-0.3, -0.25) is 4.79 Å². The number of nitrogens with two attached hydrogens (primary N) is 1. The largest absolute Gasteiger partial charge is 0.509 e. The van der Waals surface area contributed by atoms with Crippen molar-refractivity contribution in [2.75, 3.05) is 13.7 Å². The molecule has 0 aromatic carbocycles. The molecule has 0 aromatic heterocycles. The minimum absolute atomic E-state index is 0.225. The van der Waals surface area contributed by atoms with Gasteiger partial charge in [0.1, 0.15) is 12.2 Å². The first kappa shape index (κ1) is 14.7. The first-order valence-electron chi connectivity index (χ1n) is 5.40. The zero-order valence-corrected chi connectivity index (χ0v) is 10.2. The molecule has 104 valence electrons. The van der Waals surface area contributed by atoms with Crippen molar-refractivity contribution in [3.8, 4) is 0 Å². The van der Waals surface area contributed by atoms with Gasteiger partial charge >= 0.3 is 6.16 Å². The van der Waals surface area contributed by atoms with E-state index in [1.165, 1.54) is 14.0 Å². The molecule has 2 aliphatic heterocycles. The average molecular weight is 263 g/mol. The normalized spacial score (nSPS) is 33.6. The van der Waals surface area contributed by atoms with E-state index in [1.807, 2.05) is 0 Å². The van der Waals surface area contributed by atoms with Gasteiger partial charge in [0, 0.05) is 20.5 Å². The number of ether oxygens (including phenoxy) is 4. The number of carbonyl (C=O) groups excluding carboxylic acids is 2. The number of primary amides is 1. The Morgan fingerprint density at radius 1 is 1.56 bits per heavy atom. The van der Waals surface area contributed by atoms with Crippen LogP contribution in [0.3, 0.4) is 0 Å². The maximum absolute atomic E-state index is 10.8. The topological polar surface area (TPSA) is 117 Å². The number of methoxy groups -OCH3 is 1. The molecule has 2 rings (SSSR count). The highest BCUT2D eigenvalue weighted by Crippen LogP contribution is 2.30. The molecule has 1 amide bonds. The van der Waals surface area contributed by atoms with E-state index in [2.05, 4.69) is 5.73 Å². The zero-order valence-electron chi connectivity index (χ0n) is 10.2. The molecule has 18 heavy (non-hydrogen) atoms. The smallest absolute Gasteiger partial charge is 0.427 e. The third kappa shape index (κ3) is 3.83. The maximum atomic E-state index is 10.8. The highest BCUT2D eigenvalue weighted by molar-refractivity contribution is 5.70. The highest BCUT2D eigenvalue weighted by atomic mass is 16.8. The Labute approximate surface area is 104 Å². The first-order chi connectivity index (χ1) is 8.47. The molecule has 2 aliphatic rings. The molecule has 0 bridgehead atoms. The van der Waals surface area contributed by atoms with Crippen LogP contribution >= 0.6 is 0 Å². The molecular weight excluding hydrogens is 246 g/mol. The Bertz CT molecular complexity index is 305. The van der Waals surface area contributed by atoms with E-state index in [-0.39, 0.29) is 18.6 Å². The summed E-state index contributed by atoms with van der Waals surface area (Å²) in [6.45, 7) is 1.08. The maximum Gasteiger partial charge on any atom is 0.509 e. The molecule has 2 heterocycles. The summed E-state index contributed by atoms with van der Waals surface area (Å²) >= 11 is 0. The van der Waals surface area contributed by atoms with Gasteiger partial charge in [0.25, 0.3) is 0 Å². The standard InChI is InChI=1S/C8H12O6.C2H5NO/c1-11-6-2-4-7(5(3-9)12-6)14-8(10)13-4;1-2(3)4/h4-7,9H,2-3H2,1H3;1H3,(H2,3,4). The molecule has 2 saturated heterocycles. The van der Waals surface area contributed by atoms with Gasteiger partial charge in [-0.1, -0.05) is 0 Å². The molecule has 0 spiro atoms. The summed E-state index contributed by atoms with van der Waals surface area (Å²) in [4.78, 5) is 20.1. The fourth-order valence-electron chi connectivity index (χ4n) is 1.72. The van der Waals surface area contributed by atoms with Crippen molar-refractivity contribution in [2.45, 2.75) is 37.9 Å². The van der Waals surface area contributed by atoms with Crippen molar-refractivity contribution >= 4 is 12.1 Å². The zero-order chi connectivity index (χ0) is 13.7. The second-order valence-electron chi connectivity index (χ2n) is 3.86. The quantitative estimate of drug-likeness (QED) is 0.622. The van der Waals surface area contributed by atoms with Gasteiger partial charge < -0.3 is 29.8 Å². The van der Waals surface area contributed by atoms with Crippen molar-refractivity contribution in [3.63, 3.8) is 0 Å². The summed E-state index contributed by atoms with van der Waals surface area (Å²) in [5.74, 6) is -0.333. The molecule has 3 N–H and O–H groups in total. The Kier molecular flexibility index (Phi) is 5.32. The van der Waals surface area contributed by atoms with Crippen LogP contribution in [-0.4, -0.2) is 55.5 Å². The fourth-order valence-corrected chi connectivity index (χ4v) is 1.72. The molecule has 4 unspecified atom stereocenters. The van der Waals surface area contributed by atoms with Crippen LogP contribution in [0.2, 0.25) is 0 Å². The van der Waals surface area contributed by atoms with Crippen molar-refractivity contribution < 1.29 is 33.6 Å². The predicted molar refractivity (Wildman–Crippen MR) is 57.4 cm³/mol. The number of fused-ring (bicyclic) bond motifs is 1. The number of rotatable bonds is 2. The number of carbonyl (C=O) groups is 2. The summed E-state index contributed by atoms with van der Waals surface area (Å²) in [5.41, 5.74) is 4.47. The van der Waals surface area contributed by atoms with Gasteiger partial charge in [0.05, 0.1) is 6.61 Å². The summed E-state index contributed by atoms with van der Waals surface area (Å²) in [7, 11) is 1.50. The van der Waals surface area contributed by atoms with Crippen LogP contribution in [0.15, 0.2) is 0 Å². The fraction of sp³-hybridized carbons (Fsp3) is 0.800. The summed E-state index contributed by atoms with van der Waals surface area (Å²) in [6, 6.07) is 0. The van der Waals surface area contributed by atoms with Gasteiger partial charge in [-0.05, 0) is 0 Å². The van der Waals surface area contributed by atoms with Crippen LogP contribution in [0.25, 0.3) is 0 Å². The van der Waals surface area contributed by atoms with E-state index in [1.54, 1.807) is 0 Å². The van der Waals surface area contributed by atoms with Gasteiger partial charge in [-0.15, -0.1) is 0 Å². The van der Waals surface area contributed by atoms with Crippen LogP contribution in [0.5, 0.6) is 0 Å². The number of aliphatic hydroxyl groups is 1. The second kappa shape index (κ2) is 6.53. The Morgan fingerprint density at radius 2 is 2.17 bits per heavy atom. The third-order valence-corrected chi connectivity index (χ3v) is 2.41. The summed E-state index contributed by atoms with van der Waals surface area (Å²) < 4.78 is 20.1. The van der Waals surface area contributed by atoms with E-state index >= 15 is 0 Å². The molecular formula is C10H17NO7. The van der Waals surface area contributed by atoms with Gasteiger partial charge in [0.2, 0.25) is 5.91 Å². The monoisotopic (exact) mass is 263 g/mol. The summed E-state index contributed by atoms with van der Waals surface area (Å²) in [6.07, 6.45) is -2.19. The predicted octanol–water partition coefficient (Wildman–Crippen LogP) is -0.864. The van der Waals surface area contributed by atoms with Crippen LogP contribution in [0.4, 0.5) is 4.79 Å². The Hall–Kier alpha value is -1.38. The van der Waals surface area contributed by atoms with Crippen LogP contribution in [0.1, 0.15) is 13.3 Å². The lowest BCUT2D eigenvalue weighted by molar-refractivity contribution is -0.227. The molecule has 2 fully saturated rings. The second-order valence-corrected chi connectivity index (χ2v) is 3.86. The SMILES string of the molecule is CC(N)=O.COC1CC2OC(=O)OC2C(CO)O1. The van der Waals surface area contributed by atoms with Gasteiger partial charge in [-0.25, -0.2) is 4.79 Å². The van der Waals surface area contributed by atoms with E-state index < -0.39 is 24.7 Å². The van der Waals surface area contributed by atoms with Crippen molar-refractivity contribution in [1.29, 1.82) is 0 Å². The average Bonchev–Trinajstić information content (AvgIpc) is 2.66. The lowest BCUT2D eigenvalue weighted by Crippen LogP contribution is -2.48. The van der Waals surface area contributed by atoms with Crippen LogP contribution < -0.4 is 5.73 Å². The summed E-state index contributed by atoms with van der Waals surface area (Å²) in [5, 5.41) is 9.01. The lowest BCUT2D eigenvalue weighted by Gasteiger charge is -2.33. The number of amides is 1. The molecule has 0 aliphatic carbocycles. The number of hydrogen-bond donors (Lipinski definition) is 2. The molecule has 8 nitrogen and oxygen atoms in total. The van der Waals surface area contributed by atoms with Gasteiger partial charge in [0.15, 0.2) is 12.4 Å². The number of aliphatic hydroxyl groups excluding tert-OH is 1. The Balaban J connectivity index is 0.000000357. The minimum Gasteiger partial charge on any atom is -0.427 e. The molecule has 4 atom stereocenters. The third-order valence-electron chi connectivity index (χ3n) is 2.41. The van der Waals surface area contributed by atoms with E-state index in [9.17, 15) is 9.59 Å².